The molecule has 4 rings (SSSR count). The molecule has 2 aromatic rings. The van der Waals surface area contributed by atoms with E-state index in [2.05, 4.69) is 79.5 Å². The number of ether oxygens (including phenoxy) is 1. The van der Waals surface area contributed by atoms with E-state index in [1.165, 1.54) is 30.4 Å². The molecule has 1 heterocycles. The number of carbonyl (C=O) groups is 1. The minimum absolute atomic E-state index is 0.0487. The fraction of sp³-hybridized carbons (Fsp3) is 0.552. The molecule has 1 N–H and O–H groups in total. The lowest BCUT2D eigenvalue weighted by Crippen LogP contribution is -2.48. The van der Waals surface area contributed by atoms with Crippen LogP contribution in [0.1, 0.15) is 88.4 Å². The topological polar surface area (TPSA) is 41.6 Å². The van der Waals surface area contributed by atoms with E-state index in [-0.39, 0.29) is 23.5 Å². The van der Waals surface area contributed by atoms with Gasteiger partial charge in [-0.2, -0.15) is 0 Å². The molecule has 1 amide bonds. The third-order valence-corrected chi connectivity index (χ3v) is 7.45. The van der Waals surface area contributed by atoms with E-state index in [1.807, 2.05) is 0 Å². The predicted octanol–water partition coefficient (Wildman–Crippen LogP) is 6.35. The van der Waals surface area contributed by atoms with E-state index < -0.39 is 0 Å². The van der Waals surface area contributed by atoms with Crippen molar-refractivity contribution in [3.8, 4) is 5.75 Å². The van der Waals surface area contributed by atoms with E-state index in [4.69, 9.17) is 4.74 Å². The number of hydrogen-bond donors (Lipinski definition) is 1. The number of likely N-dealkylation sites (tertiary alicyclic amines) is 1. The van der Waals surface area contributed by atoms with Crippen LogP contribution in [0.15, 0.2) is 48.5 Å². The molecule has 4 nitrogen and oxygen atoms in total. The molecule has 0 bridgehead atoms. The molecule has 2 aromatic carbocycles. The molecule has 0 radical (unpaired) electrons. The van der Waals surface area contributed by atoms with Crippen LogP contribution in [0, 0.1) is 5.92 Å². The van der Waals surface area contributed by atoms with Crippen LogP contribution in [0.2, 0.25) is 0 Å². The lowest BCUT2D eigenvalue weighted by atomic mass is 9.86. The fourth-order valence-electron chi connectivity index (χ4n) is 5.49. The highest BCUT2D eigenvalue weighted by molar-refractivity contribution is 5.80. The first-order valence-corrected chi connectivity index (χ1v) is 12.7. The van der Waals surface area contributed by atoms with Crippen molar-refractivity contribution in [2.45, 2.75) is 89.9 Å². The summed E-state index contributed by atoms with van der Waals surface area (Å²) >= 11 is 0. The molecule has 178 valence electrons. The molecule has 1 aliphatic heterocycles. The second kappa shape index (κ2) is 10.3. The first-order valence-electron chi connectivity index (χ1n) is 12.7. The Morgan fingerprint density at radius 1 is 1.00 bits per heavy atom. The van der Waals surface area contributed by atoms with E-state index in [0.29, 0.717) is 12.5 Å². The zero-order valence-electron chi connectivity index (χ0n) is 20.8. The number of amides is 1. The normalized spacial score (nSPS) is 21.9. The maximum Gasteiger partial charge on any atom is 0.227 e. The van der Waals surface area contributed by atoms with Crippen LogP contribution in [-0.2, 0) is 16.8 Å². The first kappa shape index (κ1) is 23.8. The summed E-state index contributed by atoms with van der Waals surface area (Å²) in [7, 11) is 1.73. The lowest BCUT2D eigenvalue weighted by Gasteiger charge is -2.35. The summed E-state index contributed by atoms with van der Waals surface area (Å²) in [5, 5.41) is 3.75. The van der Waals surface area contributed by atoms with Gasteiger partial charge in [0.1, 0.15) is 5.75 Å². The highest BCUT2D eigenvalue weighted by atomic mass is 16.5. The molecule has 1 aliphatic carbocycles. The summed E-state index contributed by atoms with van der Waals surface area (Å²) < 4.78 is 5.67. The Kier molecular flexibility index (Phi) is 7.43. The van der Waals surface area contributed by atoms with Gasteiger partial charge in [0.15, 0.2) is 0 Å². The van der Waals surface area contributed by atoms with Gasteiger partial charge < -0.3 is 9.64 Å². The Hall–Kier alpha value is -2.33. The van der Waals surface area contributed by atoms with Crippen LogP contribution in [0.3, 0.4) is 0 Å². The smallest absolute Gasteiger partial charge is 0.227 e. The second-order valence-corrected chi connectivity index (χ2v) is 10.8. The lowest BCUT2D eigenvalue weighted by molar-refractivity contribution is -0.140. The van der Waals surface area contributed by atoms with Gasteiger partial charge in [-0.25, -0.2) is 0 Å². The van der Waals surface area contributed by atoms with Crippen LogP contribution < -0.4 is 10.1 Å². The van der Waals surface area contributed by atoms with Gasteiger partial charge in [0.05, 0.1) is 19.3 Å². The molecule has 1 saturated heterocycles. The molecule has 2 unspecified atom stereocenters. The quantitative estimate of drug-likeness (QED) is 0.560. The molecular formula is C29H40N2O2. The van der Waals surface area contributed by atoms with E-state index in [9.17, 15) is 4.79 Å². The Bertz CT molecular complexity index is 928. The van der Waals surface area contributed by atoms with Gasteiger partial charge >= 0.3 is 0 Å². The molecule has 2 fully saturated rings. The number of benzene rings is 2. The van der Waals surface area contributed by atoms with Crippen molar-refractivity contribution < 1.29 is 9.53 Å². The van der Waals surface area contributed by atoms with Crippen molar-refractivity contribution in [3.63, 3.8) is 0 Å². The van der Waals surface area contributed by atoms with Crippen LogP contribution in [0.4, 0.5) is 0 Å². The average molecular weight is 449 g/mol. The highest BCUT2D eigenvalue weighted by Gasteiger charge is 2.40. The minimum atomic E-state index is 0.0487. The zero-order valence-corrected chi connectivity index (χ0v) is 20.8. The molecule has 33 heavy (non-hydrogen) atoms. The number of nitrogens with one attached hydrogen (secondary N) is 1. The Morgan fingerprint density at radius 3 is 2.39 bits per heavy atom. The summed E-state index contributed by atoms with van der Waals surface area (Å²) in [6.45, 7) is 7.39. The van der Waals surface area contributed by atoms with Gasteiger partial charge in [-0.05, 0) is 48.3 Å². The molecule has 4 heteroatoms. The molecule has 2 atom stereocenters. The monoisotopic (exact) mass is 448 g/mol. The van der Waals surface area contributed by atoms with E-state index in [1.54, 1.807) is 7.11 Å². The van der Waals surface area contributed by atoms with E-state index >= 15 is 0 Å². The summed E-state index contributed by atoms with van der Waals surface area (Å²) in [6, 6.07) is 17.2. The van der Waals surface area contributed by atoms with Crippen LogP contribution in [0.5, 0.6) is 5.75 Å². The zero-order chi connectivity index (χ0) is 23.4. The van der Waals surface area contributed by atoms with Crippen molar-refractivity contribution in [2.24, 2.45) is 5.92 Å². The highest BCUT2D eigenvalue weighted by Crippen LogP contribution is 2.39. The van der Waals surface area contributed by atoms with Gasteiger partial charge in [0, 0.05) is 18.0 Å². The molecule has 0 aromatic heterocycles. The third-order valence-electron chi connectivity index (χ3n) is 7.45. The fourth-order valence-corrected chi connectivity index (χ4v) is 5.49. The number of nitrogens with zero attached hydrogens (tertiary/aromatic N) is 1. The van der Waals surface area contributed by atoms with Gasteiger partial charge in [-0.1, -0.05) is 82.5 Å². The van der Waals surface area contributed by atoms with Gasteiger partial charge in [0.25, 0.3) is 0 Å². The summed E-state index contributed by atoms with van der Waals surface area (Å²) in [5.41, 5.74) is 3.77. The largest absolute Gasteiger partial charge is 0.496 e. The molecule has 0 spiro atoms. The SMILES string of the molecule is COc1ccc(C(C)(C)C)cc1CNC1CCC(c2ccccc2)N1C(=O)C1CCCCC1. The van der Waals surface area contributed by atoms with Crippen molar-refractivity contribution in [1.29, 1.82) is 0 Å². The van der Waals surface area contributed by atoms with Crippen LogP contribution >= 0.6 is 0 Å². The average Bonchev–Trinajstić information content (AvgIpc) is 3.26. The summed E-state index contributed by atoms with van der Waals surface area (Å²) in [4.78, 5) is 16.0. The Balaban J connectivity index is 1.56. The van der Waals surface area contributed by atoms with Crippen LogP contribution in [0.25, 0.3) is 0 Å². The standard InChI is InChI=1S/C29H40N2O2/c1-29(2,3)24-15-17-26(33-4)23(19-24)20-30-27-18-16-25(21-11-7-5-8-12-21)31(27)28(32)22-13-9-6-10-14-22/h5,7-8,11-12,15,17,19,22,25,27,30H,6,9-10,13-14,16,18,20H2,1-4H3. The number of hydrogen-bond acceptors (Lipinski definition) is 3. The molecule has 1 saturated carbocycles. The maximum atomic E-state index is 13.8. The Labute approximate surface area is 199 Å². The Morgan fingerprint density at radius 2 is 1.73 bits per heavy atom. The van der Waals surface area contributed by atoms with Crippen molar-refractivity contribution in [2.75, 3.05) is 7.11 Å². The summed E-state index contributed by atoms with van der Waals surface area (Å²) in [6.07, 6.45) is 7.70. The second-order valence-electron chi connectivity index (χ2n) is 10.8. The number of methoxy groups -OCH3 is 1. The van der Waals surface area contributed by atoms with Crippen molar-refractivity contribution >= 4 is 5.91 Å². The number of carbonyl (C=O) groups excluding carboxylic acids is 1. The third kappa shape index (κ3) is 5.43. The van der Waals surface area contributed by atoms with Gasteiger partial charge in [-0.15, -0.1) is 0 Å². The first-order chi connectivity index (χ1) is 15.9. The van der Waals surface area contributed by atoms with Gasteiger partial charge in [-0.3, -0.25) is 10.1 Å². The minimum Gasteiger partial charge on any atom is -0.496 e. The van der Waals surface area contributed by atoms with Crippen molar-refractivity contribution in [1.82, 2.24) is 10.2 Å². The maximum absolute atomic E-state index is 13.8. The molecular weight excluding hydrogens is 408 g/mol. The molecule has 2 aliphatic rings. The van der Waals surface area contributed by atoms with E-state index in [0.717, 1.165) is 37.0 Å². The van der Waals surface area contributed by atoms with Crippen LogP contribution in [-0.4, -0.2) is 24.1 Å². The predicted molar refractivity (Wildman–Crippen MR) is 134 cm³/mol. The van der Waals surface area contributed by atoms with Gasteiger partial charge in [0.2, 0.25) is 5.91 Å². The number of rotatable bonds is 6. The van der Waals surface area contributed by atoms with Crippen molar-refractivity contribution in [3.05, 3.63) is 65.2 Å². The summed E-state index contributed by atoms with van der Waals surface area (Å²) in [5.74, 6) is 1.42.